The Hall–Kier alpha value is -1.10. The van der Waals surface area contributed by atoms with Crippen molar-refractivity contribution in [1.82, 2.24) is 0 Å². The van der Waals surface area contributed by atoms with Gasteiger partial charge in [-0.2, -0.15) is 0 Å². The lowest BCUT2D eigenvalue weighted by atomic mass is 10.0. The van der Waals surface area contributed by atoms with Gasteiger partial charge in [0, 0.05) is 12.8 Å². The van der Waals surface area contributed by atoms with Crippen LogP contribution in [0.1, 0.15) is 143 Å². The molecule has 202 valence electrons. The molecule has 0 fully saturated rings. The van der Waals surface area contributed by atoms with Crippen molar-refractivity contribution in [3.8, 4) is 0 Å². The molecule has 5 nitrogen and oxygen atoms in total. The molecule has 0 heterocycles. The summed E-state index contributed by atoms with van der Waals surface area (Å²) in [5, 5.41) is 9.88. The van der Waals surface area contributed by atoms with Crippen LogP contribution in [0.15, 0.2) is 0 Å². The van der Waals surface area contributed by atoms with Crippen LogP contribution in [0.5, 0.6) is 0 Å². The fourth-order valence-corrected chi connectivity index (χ4v) is 3.98. The van der Waals surface area contributed by atoms with Crippen molar-refractivity contribution in [3.63, 3.8) is 0 Å². The van der Waals surface area contributed by atoms with E-state index < -0.39 is 6.10 Å². The summed E-state index contributed by atoms with van der Waals surface area (Å²) in [5.41, 5.74) is 0. The SMILES string of the molecule is CC(C)CCCCCCCCCCC(=O)OC[C@@H](O)COC(=O)CCCCCCCCC(C)C. The number of rotatable bonds is 24. The van der Waals surface area contributed by atoms with E-state index in [9.17, 15) is 14.7 Å². The third-order valence-corrected chi connectivity index (χ3v) is 6.20. The molecule has 34 heavy (non-hydrogen) atoms. The fourth-order valence-electron chi connectivity index (χ4n) is 3.98. The molecule has 0 aromatic carbocycles. The predicted octanol–water partition coefficient (Wildman–Crippen LogP) is 7.77. The second-order valence-corrected chi connectivity index (χ2v) is 10.8. The van der Waals surface area contributed by atoms with Crippen LogP contribution in [-0.4, -0.2) is 36.4 Å². The van der Waals surface area contributed by atoms with Crippen LogP contribution in [0.25, 0.3) is 0 Å². The van der Waals surface area contributed by atoms with Gasteiger partial charge >= 0.3 is 11.9 Å². The third-order valence-electron chi connectivity index (χ3n) is 6.20. The second kappa shape index (κ2) is 23.6. The Kier molecular flexibility index (Phi) is 22.9. The first kappa shape index (κ1) is 32.9. The molecular formula is C29H56O5. The van der Waals surface area contributed by atoms with Crippen LogP contribution < -0.4 is 0 Å². The maximum Gasteiger partial charge on any atom is 0.305 e. The fraction of sp³-hybridized carbons (Fsp3) is 0.931. The molecule has 0 spiro atoms. The van der Waals surface area contributed by atoms with Gasteiger partial charge in [-0.15, -0.1) is 0 Å². The molecule has 0 rings (SSSR count). The Morgan fingerprint density at radius 1 is 0.529 bits per heavy atom. The van der Waals surface area contributed by atoms with Gasteiger partial charge in [-0.05, 0) is 24.7 Å². The maximum absolute atomic E-state index is 11.8. The Morgan fingerprint density at radius 2 is 0.824 bits per heavy atom. The van der Waals surface area contributed by atoms with Crippen molar-refractivity contribution in [2.45, 2.75) is 149 Å². The van der Waals surface area contributed by atoms with Gasteiger partial charge in [0.05, 0.1) is 0 Å². The van der Waals surface area contributed by atoms with Gasteiger partial charge < -0.3 is 14.6 Å². The third kappa shape index (κ3) is 25.5. The predicted molar refractivity (Wildman–Crippen MR) is 141 cm³/mol. The number of ether oxygens (including phenoxy) is 2. The summed E-state index contributed by atoms with van der Waals surface area (Å²) in [4.78, 5) is 23.6. The summed E-state index contributed by atoms with van der Waals surface area (Å²) in [6, 6.07) is 0. The highest BCUT2D eigenvalue weighted by atomic mass is 16.6. The highest BCUT2D eigenvalue weighted by Gasteiger charge is 2.12. The molecular weight excluding hydrogens is 428 g/mol. The van der Waals surface area contributed by atoms with E-state index in [1.807, 2.05) is 0 Å². The highest BCUT2D eigenvalue weighted by Crippen LogP contribution is 2.14. The molecule has 0 bridgehead atoms. The summed E-state index contributed by atoms with van der Waals surface area (Å²) < 4.78 is 10.2. The molecule has 0 unspecified atom stereocenters. The normalized spacial score (nSPS) is 12.3. The molecule has 1 N–H and O–H groups in total. The van der Waals surface area contributed by atoms with E-state index in [1.165, 1.54) is 64.2 Å². The molecule has 0 radical (unpaired) electrons. The number of carbonyl (C=O) groups is 2. The molecule has 0 amide bonds. The van der Waals surface area contributed by atoms with E-state index in [2.05, 4.69) is 27.7 Å². The Balaban J connectivity index is 3.46. The van der Waals surface area contributed by atoms with Crippen molar-refractivity contribution < 1.29 is 24.2 Å². The first-order chi connectivity index (χ1) is 16.3. The van der Waals surface area contributed by atoms with Crippen LogP contribution in [0, 0.1) is 11.8 Å². The van der Waals surface area contributed by atoms with Crippen molar-refractivity contribution in [2.24, 2.45) is 11.8 Å². The zero-order valence-corrected chi connectivity index (χ0v) is 23.0. The van der Waals surface area contributed by atoms with Crippen LogP contribution in [0.3, 0.4) is 0 Å². The topological polar surface area (TPSA) is 72.8 Å². The number of carbonyl (C=O) groups excluding carboxylic acids is 2. The molecule has 0 aliphatic carbocycles. The molecule has 1 atom stereocenters. The van der Waals surface area contributed by atoms with Gasteiger partial charge in [-0.3, -0.25) is 9.59 Å². The number of aliphatic hydroxyl groups is 1. The minimum absolute atomic E-state index is 0.112. The Labute approximate surface area is 210 Å². The zero-order valence-electron chi connectivity index (χ0n) is 23.0. The van der Waals surface area contributed by atoms with E-state index in [0.717, 1.165) is 50.4 Å². The summed E-state index contributed by atoms with van der Waals surface area (Å²) in [5.74, 6) is 1.02. The largest absolute Gasteiger partial charge is 0.463 e. The molecule has 0 aromatic heterocycles. The average molecular weight is 485 g/mol. The monoisotopic (exact) mass is 484 g/mol. The first-order valence-corrected chi connectivity index (χ1v) is 14.3. The number of aliphatic hydroxyl groups excluding tert-OH is 1. The molecule has 0 saturated heterocycles. The van der Waals surface area contributed by atoms with Gasteiger partial charge in [0.2, 0.25) is 0 Å². The quantitative estimate of drug-likeness (QED) is 0.112. The van der Waals surface area contributed by atoms with Gasteiger partial charge in [-0.25, -0.2) is 0 Å². The van der Waals surface area contributed by atoms with Crippen molar-refractivity contribution in [1.29, 1.82) is 0 Å². The lowest BCUT2D eigenvalue weighted by molar-refractivity contribution is -0.152. The zero-order chi connectivity index (χ0) is 25.4. The lowest BCUT2D eigenvalue weighted by Gasteiger charge is -2.12. The van der Waals surface area contributed by atoms with Crippen LogP contribution in [-0.2, 0) is 19.1 Å². The van der Waals surface area contributed by atoms with E-state index in [0.29, 0.717) is 12.8 Å². The van der Waals surface area contributed by atoms with E-state index in [1.54, 1.807) is 0 Å². The van der Waals surface area contributed by atoms with Crippen LogP contribution in [0.2, 0.25) is 0 Å². The summed E-state index contributed by atoms with van der Waals surface area (Å²) in [7, 11) is 0. The van der Waals surface area contributed by atoms with E-state index in [4.69, 9.17) is 9.47 Å². The number of hydrogen-bond donors (Lipinski definition) is 1. The summed E-state index contributed by atoms with van der Waals surface area (Å²) in [6.07, 6.45) is 18.8. The average Bonchev–Trinajstić information content (AvgIpc) is 2.78. The molecule has 0 saturated carbocycles. The lowest BCUT2D eigenvalue weighted by Crippen LogP contribution is -2.25. The second-order valence-electron chi connectivity index (χ2n) is 10.8. The summed E-state index contributed by atoms with van der Waals surface area (Å²) in [6.45, 7) is 8.84. The first-order valence-electron chi connectivity index (χ1n) is 14.3. The van der Waals surface area contributed by atoms with Gasteiger partial charge in [-0.1, -0.05) is 118 Å². The van der Waals surface area contributed by atoms with Crippen LogP contribution >= 0.6 is 0 Å². The minimum Gasteiger partial charge on any atom is -0.463 e. The number of hydrogen-bond acceptors (Lipinski definition) is 5. The minimum atomic E-state index is -0.954. The van der Waals surface area contributed by atoms with E-state index >= 15 is 0 Å². The van der Waals surface area contributed by atoms with Crippen molar-refractivity contribution in [2.75, 3.05) is 13.2 Å². The Bertz CT molecular complexity index is 475. The molecule has 0 aliphatic rings. The molecule has 0 aromatic rings. The molecule has 5 heteroatoms. The maximum atomic E-state index is 11.8. The van der Waals surface area contributed by atoms with Gasteiger partial charge in [0.15, 0.2) is 0 Å². The molecule has 0 aliphatic heterocycles. The van der Waals surface area contributed by atoms with Crippen molar-refractivity contribution in [3.05, 3.63) is 0 Å². The Morgan fingerprint density at radius 3 is 1.15 bits per heavy atom. The smallest absolute Gasteiger partial charge is 0.305 e. The van der Waals surface area contributed by atoms with Crippen LogP contribution in [0.4, 0.5) is 0 Å². The number of unbranched alkanes of at least 4 members (excludes halogenated alkanes) is 12. The summed E-state index contributed by atoms with van der Waals surface area (Å²) >= 11 is 0. The van der Waals surface area contributed by atoms with E-state index in [-0.39, 0.29) is 25.2 Å². The van der Waals surface area contributed by atoms with Gasteiger partial charge in [0.25, 0.3) is 0 Å². The van der Waals surface area contributed by atoms with Gasteiger partial charge in [0.1, 0.15) is 19.3 Å². The van der Waals surface area contributed by atoms with Crippen molar-refractivity contribution >= 4 is 11.9 Å². The number of esters is 2. The highest BCUT2D eigenvalue weighted by molar-refractivity contribution is 5.69. The standard InChI is InChI=1S/C29H56O5/c1-25(2)19-15-11-7-5-6-8-13-17-21-28(31)33-23-27(30)24-34-29(32)22-18-14-10-9-12-16-20-26(3)4/h25-27,30H,5-24H2,1-4H3/t27-/m1/s1.